The fourth-order valence-electron chi connectivity index (χ4n) is 4.81. The number of carboxylic acids is 1. The van der Waals surface area contributed by atoms with Gasteiger partial charge in [0.25, 0.3) is 0 Å². The van der Waals surface area contributed by atoms with Gasteiger partial charge < -0.3 is 15.0 Å². The van der Waals surface area contributed by atoms with Crippen LogP contribution in [0.5, 0.6) is 0 Å². The number of imidazole rings is 1. The first-order valence-electron chi connectivity index (χ1n) is 13.2. The highest BCUT2D eigenvalue weighted by Gasteiger charge is 2.16. The van der Waals surface area contributed by atoms with E-state index in [-0.39, 0.29) is 11.2 Å². The van der Waals surface area contributed by atoms with Gasteiger partial charge >= 0.3 is 5.97 Å². The molecule has 0 aliphatic heterocycles. The van der Waals surface area contributed by atoms with Crippen LogP contribution in [0.3, 0.4) is 0 Å². The predicted molar refractivity (Wildman–Crippen MR) is 156 cm³/mol. The van der Waals surface area contributed by atoms with Gasteiger partial charge in [0.05, 0.1) is 21.8 Å². The van der Waals surface area contributed by atoms with Crippen LogP contribution in [0.25, 0.3) is 22.2 Å². The number of carboxylic acid groups (broad SMARTS) is 1. The number of benzene rings is 3. The molecule has 0 unspecified atom stereocenters. The van der Waals surface area contributed by atoms with Crippen LogP contribution < -0.4 is 5.32 Å². The van der Waals surface area contributed by atoms with Crippen molar-refractivity contribution in [2.45, 2.75) is 64.8 Å². The number of thiol groups is 1. The summed E-state index contributed by atoms with van der Waals surface area (Å²) >= 11 is 4.42. The van der Waals surface area contributed by atoms with Crippen LogP contribution in [0.1, 0.15) is 66.0 Å². The lowest BCUT2D eigenvalue weighted by Gasteiger charge is -2.13. The van der Waals surface area contributed by atoms with Gasteiger partial charge in [-0.2, -0.15) is 12.6 Å². The SMILES string of the molecule is CCCc1nc2c(C)cc(CNC(=O)[C@@H](S)CCC)cc2n1Cc1ccc(-c2ccccc2C(=O)O)cc1. The maximum Gasteiger partial charge on any atom is 0.336 e. The maximum absolute atomic E-state index is 12.4. The molecule has 6 nitrogen and oxygen atoms in total. The number of aryl methyl sites for hydroxylation is 2. The van der Waals surface area contributed by atoms with Crippen molar-refractivity contribution in [3.8, 4) is 11.1 Å². The lowest BCUT2D eigenvalue weighted by Crippen LogP contribution is -2.30. The Hall–Kier alpha value is -3.58. The summed E-state index contributed by atoms with van der Waals surface area (Å²) in [5.41, 5.74) is 7.12. The second-order valence-corrected chi connectivity index (χ2v) is 10.3. The Balaban J connectivity index is 1.63. The number of amides is 1. The standard InChI is InChI=1S/C31H35N3O3S/c1-4-8-27(38)30(35)32-18-22-16-20(3)29-26(17-22)34(28(33-29)9-5-2)19-21-12-14-23(15-13-21)24-10-6-7-11-25(24)31(36)37/h6-7,10-17,27,38H,4-5,8-9,18-19H2,1-3H3,(H,32,35)(H,36,37)/t27-/m0/s1. The third kappa shape index (κ3) is 6.10. The van der Waals surface area contributed by atoms with Gasteiger partial charge in [0.2, 0.25) is 5.91 Å². The summed E-state index contributed by atoms with van der Waals surface area (Å²) in [5.74, 6) is 0.0551. The molecule has 0 spiro atoms. The van der Waals surface area contributed by atoms with Crippen molar-refractivity contribution in [3.05, 3.63) is 88.7 Å². The molecule has 0 aliphatic rings. The van der Waals surface area contributed by atoms with Crippen molar-refractivity contribution in [1.29, 1.82) is 0 Å². The summed E-state index contributed by atoms with van der Waals surface area (Å²) in [6.45, 7) is 7.36. The molecule has 0 aliphatic carbocycles. The molecule has 0 radical (unpaired) electrons. The van der Waals surface area contributed by atoms with Crippen LogP contribution >= 0.6 is 12.6 Å². The molecule has 3 aromatic carbocycles. The molecule has 0 saturated carbocycles. The molecule has 1 aromatic heterocycles. The van der Waals surface area contributed by atoms with E-state index in [4.69, 9.17) is 4.98 Å². The average molecular weight is 530 g/mol. The zero-order valence-corrected chi connectivity index (χ0v) is 23.1. The first kappa shape index (κ1) is 27.5. The average Bonchev–Trinajstić information content (AvgIpc) is 3.25. The van der Waals surface area contributed by atoms with Crippen LogP contribution in [0, 0.1) is 6.92 Å². The van der Waals surface area contributed by atoms with Crippen molar-refractivity contribution in [1.82, 2.24) is 14.9 Å². The molecule has 4 aromatic rings. The highest BCUT2D eigenvalue weighted by atomic mass is 32.1. The normalized spacial score (nSPS) is 12.0. The van der Waals surface area contributed by atoms with Gasteiger partial charge in [-0.15, -0.1) is 0 Å². The highest BCUT2D eigenvalue weighted by molar-refractivity contribution is 7.81. The summed E-state index contributed by atoms with van der Waals surface area (Å²) in [7, 11) is 0. The van der Waals surface area contributed by atoms with Gasteiger partial charge in [0.1, 0.15) is 5.82 Å². The van der Waals surface area contributed by atoms with E-state index < -0.39 is 5.97 Å². The third-order valence-corrected chi connectivity index (χ3v) is 7.24. The van der Waals surface area contributed by atoms with Crippen LogP contribution in [0.4, 0.5) is 0 Å². The summed E-state index contributed by atoms with van der Waals surface area (Å²) in [6, 6.07) is 19.3. The molecule has 2 N–H and O–H groups in total. The molecule has 4 rings (SSSR count). The zero-order chi connectivity index (χ0) is 27.2. The van der Waals surface area contributed by atoms with Gasteiger partial charge in [0, 0.05) is 19.5 Å². The Bertz CT molecular complexity index is 1440. The molecular formula is C31H35N3O3S. The topological polar surface area (TPSA) is 84.2 Å². The minimum absolute atomic E-state index is 0.0438. The second kappa shape index (κ2) is 12.3. The molecule has 0 fully saturated rings. The molecule has 1 atom stereocenters. The number of aromatic nitrogens is 2. The summed E-state index contributed by atoms with van der Waals surface area (Å²) in [4.78, 5) is 29.0. The van der Waals surface area contributed by atoms with Gasteiger partial charge in [-0.05, 0) is 59.7 Å². The number of carbonyl (C=O) groups is 2. The molecule has 1 amide bonds. The Labute approximate surface area is 229 Å². The minimum atomic E-state index is -0.934. The molecule has 198 valence electrons. The highest BCUT2D eigenvalue weighted by Crippen LogP contribution is 2.27. The molecule has 0 bridgehead atoms. The van der Waals surface area contributed by atoms with Crippen molar-refractivity contribution >= 4 is 35.5 Å². The van der Waals surface area contributed by atoms with Crippen molar-refractivity contribution in [3.63, 3.8) is 0 Å². The van der Waals surface area contributed by atoms with E-state index in [2.05, 4.69) is 48.5 Å². The number of hydrogen-bond acceptors (Lipinski definition) is 4. The quantitative estimate of drug-likeness (QED) is 0.196. The Morgan fingerprint density at radius 1 is 1.03 bits per heavy atom. The smallest absolute Gasteiger partial charge is 0.336 e. The molecular weight excluding hydrogens is 494 g/mol. The van der Waals surface area contributed by atoms with Gasteiger partial charge in [-0.3, -0.25) is 4.79 Å². The maximum atomic E-state index is 12.4. The summed E-state index contributed by atoms with van der Waals surface area (Å²) < 4.78 is 2.26. The third-order valence-electron chi connectivity index (χ3n) is 6.75. The van der Waals surface area contributed by atoms with E-state index in [9.17, 15) is 14.7 Å². The number of nitrogens with one attached hydrogen (secondary N) is 1. The van der Waals surface area contributed by atoms with E-state index in [0.717, 1.165) is 64.8 Å². The fraction of sp³-hybridized carbons (Fsp3) is 0.323. The summed E-state index contributed by atoms with van der Waals surface area (Å²) in [5, 5.41) is 12.3. The monoisotopic (exact) mass is 529 g/mol. The van der Waals surface area contributed by atoms with Crippen molar-refractivity contribution in [2.24, 2.45) is 0 Å². The molecule has 1 heterocycles. The van der Waals surface area contributed by atoms with Crippen molar-refractivity contribution < 1.29 is 14.7 Å². The van der Waals surface area contributed by atoms with E-state index >= 15 is 0 Å². The zero-order valence-electron chi connectivity index (χ0n) is 22.2. The summed E-state index contributed by atoms with van der Waals surface area (Å²) in [6.07, 6.45) is 3.51. The van der Waals surface area contributed by atoms with Gasteiger partial charge in [0.15, 0.2) is 0 Å². The largest absolute Gasteiger partial charge is 0.478 e. The van der Waals surface area contributed by atoms with Gasteiger partial charge in [-0.1, -0.05) is 68.8 Å². The Kier molecular flexibility index (Phi) is 8.89. The lowest BCUT2D eigenvalue weighted by molar-refractivity contribution is -0.120. The van der Waals surface area contributed by atoms with Crippen LogP contribution in [-0.4, -0.2) is 31.8 Å². The number of rotatable bonds is 11. The number of fused-ring (bicyclic) bond motifs is 1. The second-order valence-electron chi connectivity index (χ2n) is 9.71. The van der Waals surface area contributed by atoms with Crippen LogP contribution in [0.15, 0.2) is 60.7 Å². The first-order valence-corrected chi connectivity index (χ1v) is 13.7. The predicted octanol–water partition coefficient (Wildman–Crippen LogP) is 6.43. The number of nitrogens with zero attached hydrogens (tertiary/aromatic N) is 2. The van der Waals surface area contributed by atoms with E-state index in [1.807, 2.05) is 43.3 Å². The molecule has 0 saturated heterocycles. The van der Waals surface area contributed by atoms with Crippen molar-refractivity contribution in [2.75, 3.05) is 0 Å². The lowest BCUT2D eigenvalue weighted by atomic mass is 9.98. The molecule has 7 heteroatoms. The number of carbonyl (C=O) groups excluding carboxylic acids is 1. The Morgan fingerprint density at radius 3 is 2.45 bits per heavy atom. The van der Waals surface area contributed by atoms with E-state index in [1.54, 1.807) is 12.1 Å². The number of aromatic carboxylic acids is 1. The minimum Gasteiger partial charge on any atom is -0.478 e. The van der Waals surface area contributed by atoms with Crippen LogP contribution in [0.2, 0.25) is 0 Å². The first-order chi connectivity index (χ1) is 18.3. The Morgan fingerprint density at radius 2 is 1.76 bits per heavy atom. The van der Waals surface area contributed by atoms with Crippen LogP contribution in [-0.2, 0) is 24.3 Å². The van der Waals surface area contributed by atoms with Gasteiger partial charge in [-0.25, -0.2) is 9.78 Å². The fourth-order valence-corrected chi connectivity index (χ4v) is 5.16. The molecule has 38 heavy (non-hydrogen) atoms. The van der Waals surface area contributed by atoms with E-state index in [0.29, 0.717) is 24.2 Å². The number of hydrogen-bond donors (Lipinski definition) is 3. The van der Waals surface area contributed by atoms with E-state index in [1.165, 1.54) is 0 Å².